The van der Waals surface area contributed by atoms with E-state index in [1.165, 1.54) is 3.95 Å². The van der Waals surface area contributed by atoms with Crippen molar-refractivity contribution in [2.24, 2.45) is 10.7 Å². The second kappa shape index (κ2) is 2.63. The van der Waals surface area contributed by atoms with Gasteiger partial charge in [0.05, 0.1) is 14.1 Å². The lowest BCUT2D eigenvalue weighted by Gasteiger charge is -1.83. The highest BCUT2D eigenvalue weighted by atomic mass is 32.1. The van der Waals surface area contributed by atoms with E-state index in [0.29, 0.717) is 5.96 Å². The van der Waals surface area contributed by atoms with Gasteiger partial charge in [0.15, 0.2) is 0 Å². The minimum absolute atomic E-state index is 0.370. The molecule has 7 heavy (non-hydrogen) atoms. The molecule has 3 nitrogen and oxygen atoms in total. The van der Waals surface area contributed by atoms with Crippen LogP contribution in [0.2, 0.25) is 0 Å². The van der Waals surface area contributed by atoms with Crippen LogP contribution in [0.15, 0.2) is 4.99 Å². The molecule has 0 aliphatic carbocycles. The standard InChI is InChI=1S/C3H8N3S/c1-5-3(4)6(2)7/h1-2H3,(H2,4,5)/q+1. The molecule has 4 heteroatoms. The van der Waals surface area contributed by atoms with Gasteiger partial charge >= 0.3 is 5.96 Å². The zero-order valence-electron chi connectivity index (χ0n) is 4.38. The average molecular weight is 118 g/mol. The Kier molecular flexibility index (Phi) is 2.44. The maximum absolute atomic E-state index is 5.19. The number of aliphatic imine (C=N–C) groups is 1. The second-order valence-electron chi connectivity index (χ2n) is 1.08. The molecule has 0 rings (SSSR count). The first-order valence-electron chi connectivity index (χ1n) is 1.81. The molecular weight excluding hydrogens is 110 g/mol. The highest BCUT2D eigenvalue weighted by Gasteiger charge is 1.94. The van der Waals surface area contributed by atoms with Crippen LogP contribution in [0.5, 0.6) is 0 Å². The Hall–Kier alpha value is -0.510. The van der Waals surface area contributed by atoms with Crippen LogP contribution in [0.25, 0.3) is 0 Å². The van der Waals surface area contributed by atoms with Crippen molar-refractivity contribution in [1.29, 1.82) is 0 Å². The molecule has 0 spiro atoms. The van der Waals surface area contributed by atoms with Crippen molar-refractivity contribution < 1.29 is 3.95 Å². The van der Waals surface area contributed by atoms with E-state index >= 15 is 0 Å². The van der Waals surface area contributed by atoms with Gasteiger partial charge in [0, 0.05) is 0 Å². The Balaban J connectivity index is 3.82. The maximum Gasteiger partial charge on any atom is 0.394 e. The first-order chi connectivity index (χ1) is 3.18. The van der Waals surface area contributed by atoms with Crippen molar-refractivity contribution in [2.45, 2.75) is 0 Å². The fourth-order valence-corrected chi connectivity index (χ4v) is 0.222. The lowest BCUT2D eigenvalue weighted by Crippen LogP contribution is -2.22. The van der Waals surface area contributed by atoms with Crippen LogP contribution < -0.4 is 5.73 Å². The summed E-state index contributed by atoms with van der Waals surface area (Å²) in [6.45, 7) is 0. The third kappa shape index (κ3) is 2.22. The largest absolute Gasteiger partial charge is 0.394 e. The van der Waals surface area contributed by atoms with E-state index in [1.54, 1.807) is 14.1 Å². The minimum atomic E-state index is 0.370. The van der Waals surface area contributed by atoms with E-state index in [-0.39, 0.29) is 0 Å². The first kappa shape index (κ1) is 6.49. The molecule has 40 valence electrons. The molecule has 0 atom stereocenters. The van der Waals surface area contributed by atoms with Crippen molar-refractivity contribution in [3.63, 3.8) is 0 Å². The predicted octanol–water partition coefficient (Wildman–Crippen LogP) is -0.696. The van der Waals surface area contributed by atoms with Gasteiger partial charge in [-0.15, -0.1) is 4.99 Å². The molecule has 0 aromatic carbocycles. The summed E-state index contributed by atoms with van der Waals surface area (Å²) in [5.41, 5.74) is 5.19. The van der Waals surface area contributed by atoms with Gasteiger partial charge < -0.3 is 0 Å². The SMILES string of the molecule is CN=C(N)[N+](C)=S. The minimum Gasteiger partial charge on any atom is -0.287 e. The van der Waals surface area contributed by atoms with Gasteiger partial charge in [-0.25, -0.2) is 0 Å². The first-order valence-corrected chi connectivity index (χ1v) is 2.18. The average Bonchev–Trinajstić information content (AvgIpc) is 1.65. The summed E-state index contributed by atoms with van der Waals surface area (Å²) in [6, 6.07) is 0. The molecule has 0 aromatic heterocycles. The Morgan fingerprint density at radius 3 is 2.29 bits per heavy atom. The molecule has 0 bridgehead atoms. The van der Waals surface area contributed by atoms with Crippen molar-refractivity contribution in [2.75, 3.05) is 14.1 Å². The molecule has 0 amide bonds. The number of rotatable bonds is 0. The van der Waals surface area contributed by atoms with Crippen LogP contribution >= 0.6 is 0 Å². The maximum atomic E-state index is 5.19. The summed E-state index contributed by atoms with van der Waals surface area (Å²) < 4.78 is 1.33. The Morgan fingerprint density at radius 1 is 1.86 bits per heavy atom. The van der Waals surface area contributed by atoms with Gasteiger partial charge in [0.2, 0.25) is 0 Å². The number of nitrogens with two attached hydrogens (primary N) is 1. The molecule has 0 aliphatic heterocycles. The Bertz CT molecular complexity index is 107. The molecule has 0 radical (unpaired) electrons. The topological polar surface area (TPSA) is 41.4 Å². The van der Waals surface area contributed by atoms with Crippen molar-refractivity contribution in [3.8, 4) is 0 Å². The molecule has 0 aromatic rings. The third-order valence-corrected chi connectivity index (χ3v) is 0.739. The van der Waals surface area contributed by atoms with E-state index in [1.807, 2.05) is 0 Å². The highest BCUT2D eigenvalue weighted by Crippen LogP contribution is 1.61. The van der Waals surface area contributed by atoms with Gasteiger partial charge in [-0.2, -0.15) is 3.95 Å². The second-order valence-corrected chi connectivity index (χ2v) is 1.63. The summed E-state index contributed by atoms with van der Waals surface area (Å²) in [5, 5.41) is 0. The Morgan fingerprint density at radius 2 is 2.29 bits per heavy atom. The fourth-order valence-electron chi connectivity index (χ4n) is 0.141. The highest BCUT2D eigenvalue weighted by molar-refractivity contribution is 7.44. The summed E-state index contributed by atoms with van der Waals surface area (Å²) in [4.78, 5) is 3.60. The number of hydrogen-bond donors (Lipinski definition) is 1. The molecule has 0 saturated carbocycles. The van der Waals surface area contributed by atoms with E-state index in [0.717, 1.165) is 0 Å². The smallest absolute Gasteiger partial charge is 0.287 e. The van der Waals surface area contributed by atoms with Crippen molar-refractivity contribution >= 4 is 18.4 Å². The van der Waals surface area contributed by atoms with Crippen LogP contribution in [-0.2, 0) is 12.4 Å². The number of hydrogen-bond acceptors (Lipinski definition) is 2. The summed E-state index contributed by atoms with van der Waals surface area (Å²) in [5.74, 6) is 0.370. The van der Waals surface area contributed by atoms with Crippen LogP contribution in [0, 0.1) is 0 Å². The zero-order chi connectivity index (χ0) is 5.86. The molecule has 0 saturated heterocycles. The van der Waals surface area contributed by atoms with Gasteiger partial charge in [0.1, 0.15) is 12.4 Å². The quantitative estimate of drug-likeness (QED) is 0.260. The molecule has 0 heterocycles. The van der Waals surface area contributed by atoms with Crippen LogP contribution in [0.1, 0.15) is 0 Å². The molecule has 0 unspecified atom stereocenters. The van der Waals surface area contributed by atoms with E-state index in [9.17, 15) is 0 Å². The third-order valence-electron chi connectivity index (χ3n) is 0.552. The predicted molar refractivity (Wildman–Crippen MR) is 31.1 cm³/mol. The summed E-state index contributed by atoms with van der Waals surface area (Å²) >= 11 is 4.58. The molecular formula is C3H8N3S+. The normalized spacial score (nSPS) is 11.4. The van der Waals surface area contributed by atoms with Gasteiger partial charge in [-0.1, -0.05) is 0 Å². The van der Waals surface area contributed by atoms with Crippen molar-refractivity contribution in [3.05, 3.63) is 0 Å². The summed E-state index contributed by atoms with van der Waals surface area (Å²) in [7, 11) is 3.26. The lowest BCUT2D eigenvalue weighted by atomic mass is 11.0. The van der Waals surface area contributed by atoms with Gasteiger partial charge in [-0.05, 0) is 0 Å². The lowest BCUT2D eigenvalue weighted by molar-refractivity contribution is -0.338. The van der Waals surface area contributed by atoms with Gasteiger partial charge in [0.25, 0.3) is 0 Å². The molecule has 2 N–H and O–H groups in total. The number of guanidine groups is 1. The van der Waals surface area contributed by atoms with E-state index in [4.69, 9.17) is 5.73 Å². The monoisotopic (exact) mass is 118 g/mol. The van der Waals surface area contributed by atoms with E-state index < -0.39 is 0 Å². The van der Waals surface area contributed by atoms with Crippen LogP contribution in [0.4, 0.5) is 0 Å². The fraction of sp³-hybridized carbons (Fsp3) is 0.667. The number of nitrogens with zero attached hydrogens (tertiary/aromatic N) is 2. The summed E-state index contributed by atoms with van der Waals surface area (Å²) in [6.07, 6.45) is 0. The van der Waals surface area contributed by atoms with E-state index in [2.05, 4.69) is 17.4 Å². The van der Waals surface area contributed by atoms with Crippen molar-refractivity contribution in [1.82, 2.24) is 0 Å². The molecule has 0 fully saturated rings. The Labute approximate surface area is 48.0 Å². The van der Waals surface area contributed by atoms with Crippen LogP contribution in [0.3, 0.4) is 0 Å². The molecule has 0 aliphatic rings. The van der Waals surface area contributed by atoms with Crippen LogP contribution in [-0.4, -0.2) is 24.0 Å². The van der Waals surface area contributed by atoms with Gasteiger partial charge in [-0.3, -0.25) is 5.73 Å². The zero-order valence-corrected chi connectivity index (χ0v) is 5.20.